The van der Waals surface area contributed by atoms with Gasteiger partial charge in [0.25, 0.3) is 0 Å². The third-order valence-corrected chi connectivity index (χ3v) is 4.85. The van der Waals surface area contributed by atoms with E-state index in [9.17, 15) is 0 Å². The van der Waals surface area contributed by atoms with Crippen molar-refractivity contribution in [3.05, 3.63) is 59.7 Å². The van der Waals surface area contributed by atoms with Crippen LogP contribution in [-0.2, 0) is 6.54 Å². The van der Waals surface area contributed by atoms with Crippen LogP contribution in [0.25, 0.3) is 0 Å². The second-order valence-electron chi connectivity index (χ2n) is 5.81. The van der Waals surface area contributed by atoms with E-state index in [-0.39, 0.29) is 0 Å². The average molecular weight is 298 g/mol. The largest absolute Gasteiger partial charge is 0.378 e. The second-order valence-corrected chi connectivity index (χ2v) is 6.95. The first-order valence-electron chi connectivity index (χ1n) is 7.44. The molecule has 1 N–H and O–H groups in total. The third kappa shape index (κ3) is 3.60. The van der Waals surface area contributed by atoms with E-state index in [2.05, 4.69) is 72.8 Å². The van der Waals surface area contributed by atoms with Gasteiger partial charge in [0.1, 0.15) is 0 Å². The molecule has 0 aromatic heterocycles. The number of hydrogen-bond acceptors (Lipinski definition) is 3. The molecule has 3 rings (SSSR count). The predicted octanol–water partition coefficient (Wildman–Crippen LogP) is 4.40. The lowest BCUT2D eigenvalue weighted by Gasteiger charge is -2.27. The van der Waals surface area contributed by atoms with Gasteiger partial charge in [-0.2, -0.15) is 0 Å². The lowest BCUT2D eigenvalue weighted by Crippen LogP contribution is -2.16. The number of anilines is 1. The zero-order chi connectivity index (χ0) is 14.7. The summed E-state index contributed by atoms with van der Waals surface area (Å²) in [6.45, 7) is 0.979. The van der Waals surface area contributed by atoms with Gasteiger partial charge in [-0.05, 0) is 49.8 Å². The summed E-state index contributed by atoms with van der Waals surface area (Å²) in [6.07, 6.45) is 1.18. The van der Waals surface area contributed by atoms with Crippen LogP contribution in [-0.4, -0.2) is 24.7 Å². The van der Waals surface area contributed by atoms with Gasteiger partial charge in [-0.3, -0.25) is 0 Å². The number of benzene rings is 2. The average Bonchev–Trinajstić information content (AvgIpc) is 2.47. The van der Waals surface area contributed by atoms with Crippen molar-refractivity contribution in [3.63, 3.8) is 0 Å². The zero-order valence-electron chi connectivity index (χ0n) is 12.7. The summed E-state index contributed by atoms with van der Waals surface area (Å²) in [5.41, 5.74) is 4.01. The molecule has 0 fully saturated rings. The minimum Gasteiger partial charge on any atom is -0.378 e. The normalized spacial score (nSPS) is 17.6. The Kier molecular flexibility index (Phi) is 4.51. The summed E-state index contributed by atoms with van der Waals surface area (Å²) >= 11 is 1.97. The smallest absolute Gasteiger partial charge is 0.0532 e. The summed E-state index contributed by atoms with van der Waals surface area (Å²) < 4.78 is 0. The van der Waals surface area contributed by atoms with Gasteiger partial charge in [-0.15, -0.1) is 11.8 Å². The molecule has 1 heterocycles. The van der Waals surface area contributed by atoms with Crippen molar-refractivity contribution < 1.29 is 0 Å². The minimum absolute atomic E-state index is 0.428. The van der Waals surface area contributed by atoms with E-state index in [1.165, 1.54) is 33.9 Å². The lowest BCUT2D eigenvalue weighted by atomic mass is 10.0. The molecule has 0 spiro atoms. The molecule has 21 heavy (non-hydrogen) atoms. The van der Waals surface area contributed by atoms with E-state index < -0.39 is 0 Å². The highest BCUT2D eigenvalue weighted by Crippen LogP contribution is 2.37. The molecule has 1 unspecified atom stereocenters. The monoisotopic (exact) mass is 298 g/mol. The van der Waals surface area contributed by atoms with E-state index in [4.69, 9.17) is 0 Å². The molecule has 1 aliphatic heterocycles. The van der Waals surface area contributed by atoms with Crippen molar-refractivity contribution in [1.29, 1.82) is 0 Å². The van der Waals surface area contributed by atoms with Gasteiger partial charge < -0.3 is 10.2 Å². The fourth-order valence-electron chi connectivity index (χ4n) is 2.82. The molecule has 0 saturated carbocycles. The Morgan fingerprint density at radius 2 is 2.00 bits per heavy atom. The number of hydrogen-bond donors (Lipinski definition) is 1. The van der Waals surface area contributed by atoms with Gasteiger partial charge in [-0.25, -0.2) is 0 Å². The molecule has 1 atom stereocenters. The fraction of sp³-hybridized carbons (Fsp3) is 0.333. The molecule has 3 heteroatoms. The number of nitrogens with one attached hydrogen (secondary N) is 1. The predicted molar refractivity (Wildman–Crippen MR) is 92.0 cm³/mol. The van der Waals surface area contributed by atoms with Crippen LogP contribution in [0.3, 0.4) is 0 Å². The highest BCUT2D eigenvalue weighted by molar-refractivity contribution is 7.99. The van der Waals surface area contributed by atoms with Crippen LogP contribution in [0.5, 0.6) is 0 Å². The Bertz CT molecular complexity index is 610. The van der Waals surface area contributed by atoms with Crippen LogP contribution in [0.4, 0.5) is 5.69 Å². The molecule has 1 aliphatic rings. The molecular weight excluding hydrogens is 276 g/mol. The van der Waals surface area contributed by atoms with Crippen molar-refractivity contribution >= 4 is 17.4 Å². The van der Waals surface area contributed by atoms with Crippen LogP contribution in [0.1, 0.15) is 23.6 Å². The Morgan fingerprint density at radius 3 is 2.86 bits per heavy atom. The van der Waals surface area contributed by atoms with Crippen molar-refractivity contribution in [2.75, 3.05) is 25.2 Å². The first kappa shape index (κ1) is 14.5. The Hall–Kier alpha value is -1.45. The zero-order valence-corrected chi connectivity index (χ0v) is 13.5. The van der Waals surface area contributed by atoms with Crippen LogP contribution < -0.4 is 5.32 Å². The van der Waals surface area contributed by atoms with Crippen molar-refractivity contribution in [1.82, 2.24) is 4.90 Å². The van der Waals surface area contributed by atoms with E-state index in [0.717, 1.165) is 6.54 Å². The van der Waals surface area contributed by atoms with Crippen LogP contribution in [0.2, 0.25) is 0 Å². The van der Waals surface area contributed by atoms with Gasteiger partial charge in [-0.1, -0.05) is 30.3 Å². The lowest BCUT2D eigenvalue weighted by molar-refractivity contribution is 0.402. The first-order chi connectivity index (χ1) is 10.2. The number of thioether (sulfide) groups is 1. The van der Waals surface area contributed by atoms with E-state index in [0.29, 0.717) is 6.04 Å². The third-order valence-electron chi connectivity index (χ3n) is 3.73. The van der Waals surface area contributed by atoms with Gasteiger partial charge in [0.05, 0.1) is 6.04 Å². The Balaban J connectivity index is 1.78. The van der Waals surface area contributed by atoms with E-state index >= 15 is 0 Å². The van der Waals surface area contributed by atoms with Crippen LogP contribution >= 0.6 is 11.8 Å². The maximum Gasteiger partial charge on any atom is 0.0532 e. The second kappa shape index (κ2) is 6.54. The van der Waals surface area contributed by atoms with Gasteiger partial charge in [0.2, 0.25) is 0 Å². The van der Waals surface area contributed by atoms with Crippen LogP contribution in [0.15, 0.2) is 53.4 Å². The van der Waals surface area contributed by atoms with E-state index in [1.54, 1.807) is 0 Å². The molecule has 0 radical (unpaired) electrons. The van der Waals surface area contributed by atoms with Gasteiger partial charge >= 0.3 is 0 Å². The maximum absolute atomic E-state index is 3.72. The minimum atomic E-state index is 0.428. The molecule has 0 aliphatic carbocycles. The summed E-state index contributed by atoms with van der Waals surface area (Å²) in [7, 11) is 4.21. The molecule has 2 aromatic rings. The molecule has 2 nitrogen and oxygen atoms in total. The highest BCUT2D eigenvalue weighted by Gasteiger charge is 2.19. The molecule has 0 saturated heterocycles. The summed E-state index contributed by atoms with van der Waals surface area (Å²) in [5.74, 6) is 1.19. The standard InChI is InChI=1S/C18H22N2S/c1-20(2)13-14-6-5-7-15(12-14)19-17-10-11-21-18-9-4-3-8-16(17)18/h3-9,12,17,19H,10-11,13H2,1-2H3. The summed E-state index contributed by atoms with van der Waals surface area (Å²) in [4.78, 5) is 3.62. The summed E-state index contributed by atoms with van der Waals surface area (Å²) in [5, 5.41) is 3.72. The molecule has 0 amide bonds. The number of fused-ring (bicyclic) bond motifs is 1. The van der Waals surface area contributed by atoms with Crippen molar-refractivity contribution in [2.45, 2.75) is 23.9 Å². The number of rotatable bonds is 4. The van der Waals surface area contributed by atoms with Crippen molar-refractivity contribution in [3.8, 4) is 0 Å². The van der Waals surface area contributed by atoms with Crippen LogP contribution in [0, 0.1) is 0 Å². The topological polar surface area (TPSA) is 15.3 Å². The first-order valence-corrected chi connectivity index (χ1v) is 8.43. The Morgan fingerprint density at radius 1 is 1.14 bits per heavy atom. The number of nitrogens with zero attached hydrogens (tertiary/aromatic N) is 1. The summed E-state index contributed by atoms with van der Waals surface area (Å²) in [6, 6.07) is 18.0. The maximum atomic E-state index is 3.72. The Labute approximate surface area is 131 Å². The fourth-order valence-corrected chi connectivity index (χ4v) is 3.94. The van der Waals surface area contributed by atoms with E-state index in [1.807, 2.05) is 11.8 Å². The van der Waals surface area contributed by atoms with Gasteiger partial charge in [0, 0.05) is 22.9 Å². The van der Waals surface area contributed by atoms with Gasteiger partial charge in [0.15, 0.2) is 0 Å². The highest BCUT2D eigenvalue weighted by atomic mass is 32.2. The quantitative estimate of drug-likeness (QED) is 0.901. The molecule has 2 aromatic carbocycles. The molecule has 110 valence electrons. The van der Waals surface area contributed by atoms with Crippen molar-refractivity contribution in [2.24, 2.45) is 0 Å². The SMILES string of the molecule is CN(C)Cc1cccc(NC2CCSc3ccccc32)c1. The molecule has 0 bridgehead atoms. The molecular formula is C18H22N2S.